The van der Waals surface area contributed by atoms with Crippen molar-refractivity contribution in [3.63, 3.8) is 0 Å². The predicted octanol–water partition coefficient (Wildman–Crippen LogP) is 5.21. The van der Waals surface area contributed by atoms with E-state index in [4.69, 9.17) is 4.99 Å². The summed E-state index contributed by atoms with van der Waals surface area (Å²) >= 11 is 0. The van der Waals surface area contributed by atoms with Crippen LogP contribution in [0.3, 0.4) is 0 Å². The molecule has 0 spiro atoms. The number of nitrogens with one attached hydrogen (secondary N) is 1. The Hall–Kier alpha value is -2.94. The van der Waals surface area contributed by atoms with E-state index >= 15 is 0 Å². The summed E-state index contributed by atoms with van der Waals surface area (Å²) in [5.41, 5.74) is 6.65. The molecule has 1 heterocycles. The molecule has 2 aliphatic carbocycles. The van der Waals surface area contributed by atoms with Crippen molar-refractivity contribution in [1.29, 1.82) is 0 Å². The number of hydrogen-bond donors (Lipinski definition) is 1. The van der Waals surface area contributed by atoms with E-state index in [1.807, 2.05) is 30.5 Å². The van der Waals surface area contributed by atoms with Gasteiger partial charge in [0.15, 0.2) is 0 Å². The van der Waals surface area contributed by atoms with Crippen LogP contribution in [-0.2, 0) is 12.0 Å². The van der Waals surface area contributed by atoms with Gasteiger partial charge in [-0.05, 0) is 50.0 Å². The molecule has 4 rings (SSSR count). The monoisotopic (exact) mass is 370 g/mol. The van der Waals surface area contributed by atoms with Gasteiger partial charge in [-0.15, -0.1) is 0 Å². The van der Waals surface area contributed by atoms with Crippen molar-refractivity contribution in [2.45, 2.75) is 39.2 Å². The number of allylic oxidation sites excluding steroid dienone is 3. The first-order chi connectivity index (χ1) is 13.5. The minimum atomic E-state index is -0.429. The molecule has 0 radical (unpaired) electrons. The number of hydrogen-bond acceptors (Lipinski definition) is 2. The summed E-state index contributed by atoms with van der Waals surface area (Å²) < 4.78 is 0. The van der Waals surface area contributed by atoms with Crippen LogP contribution in [0.1, 0.15) is 44.0 Å². The van der Waals surface area contributed by atoms with E-state index < -0.39 is 5.54 Å². The molecule has 0 aliphatic heterocycles. The second kappa shape index (κ2) is 7.23. The van der Waals surface area contributed by atoms with Crippen LogP contribution in [-0.4, -0.2) is 11.2 Å². The third kappa shape index (κ3) is 3.22. The summed E-state index contributed by atoms with van der Waals surface area (Å²) in [7, 11) is 0. The lowest BCUT2D eigenvalue weighted by molar-refractivity contribution is 0.413. The first-order valence-corrected chi connectivity index (χ1v) is 9.87. The number of benzene rings is 1. The fourth-order valence-corrected chi connectivity index (χ4v) is 4.71. The number of aliphatic imine (C=N–C) groups is 1. The maximum atomic E-state index is 11.9. The normalized spacial score (nSPS) is 25.7. The maximum Gasteiger partial charge on any atom is 0.248 e. The molecule has 2 aromatic rings. The quantitative estimate of drug-likeness (QED) is 0.585. The second-order valence-corrected chi connectivity index (χ2v) is 7.88. The SMILES string of the molecule is C/C=C1\C2C=C(C)CC1(N=C/C(C)=C/c1ccccc1)c1ccc(=O)[nH]c1C2. The number of fused-ring (bicyclic) bond motifs is 4. The van der Waals surface area contributed by atoms with Gasteiger partial charge >= 0.3 is 0 Å². The molecule has 142 valence electrons. The Morgan fingerprint density at radius 1 is 1.21 bits per heavy atom. The van der Waals surface area contributed by atoms with E-state index in [0.29, 0.717) is 5.92 Å². The molecular formula is C25H26N2O. The van der Waals surface area contributed by atoms with Gasteiger partial charge in [0.25, 0.3) is 0 Å². The van der Waals surface area contributed by atoms with Crippen molar-refractivity contribution in [3.8, 4) is 0 Å². The van der Waals surface area contributed by atoms with Crippen LogP contribution in [0.5, 0.6) is 0 Å². The van der Waals surface area contributed by atoms with Gasteiger partial charge in [0.05, 0.1) is 0 Å². The molecule has 0 saturated carbocycles. The number of aromatic nitrogens is 1. The molecular weight excluding hydrogens is 344 g/mol. The smallest absolute Gasteiger partial charge is 0.248 e. The van der Waals surface area contributed by atoms with Gasteiger partial charge in [-0.2, -0.15) is 0 Å². The van der Waals surface area contributed by atoms with Crippen LogP contribution in [0.25, 0.3) is 6.08 Å². The Morgan fingerprint density at radius 3 is 2.75 bits per heavy atom. The lowest BCUT2D eigenvalue weighted by atomic mass is 9.63. The molecule has 3 nitrogen and oxygen atoms in total. The molecule has 1 N–H and O–H groups in total. The van der Waals surface area contributed by atoms with Crippen molar-refractivity contribution in [2.24, 2.45) is 10.9 Å². The van der Waals surface area contributed by atoms with Crippen molar-refractivity contribution >= 4 is 12.3 Å². The highest BCUT2D eigenvalue weighted by Gasteiger charge is 2.46. The zero-order valence-electron chi connectivity index (χ0n) is 16.7. The zero-order valence-corrected chi connectivity index (χ0v) is 16.7. The lowest BCUT2D eigenvalue weighted by Gasteiger charge is -2.45. The molecule has 2 unspecified atom stereocenters. The van der Waals surface area contributed by atoms with Crippen LogP contribution >= 0.6 is 0 Å². The van der Waals surface area contributed by atoms with Crippen molar-refractivity contribution in [1.82, 2.24) is 4.98 Å². The first kappa shape index (κ1) is 18.4. The largest absolute Gasteiger partial charge is 0.326 e. The Morgan fingerprint density at radius 2 is 2.00 bits per heavy atom. The van der Waals surface area contributed by atoms with E-state index in [1.54, 1.807) is 6.07 Å². The Kier molecular flexibility index (Phi) is 4.76. The van der Waals surface area contributed by atoms with Crippen LogP contribution in [0.2, 0.25) is 0 Å². The van der Waals surface area contributed by atoms with Crippen LogP contribution in [0.15, 0.2) is 81.1 Å². The fourth-order valence-electron chi connectivity index (χ4n) is 4.71. The Bertz CT molecular complexity index is 1070. The molecule has 0 fully saturated rings. The second-order valence-electron chi connectivity index (χ2n) is 7.88. The molecule has 2 atom stereocenters. The minimum Gasteiger partial charge on any atom is -0.326 e. The van der Waals surface area contributed by atoms with Crippen LogP contribution in [0.4, 0.5) is 0 Å². The molecule has 1 aromatic carbocycles. The molecule has 0 amide bonds. The van der Waals surface area contributed by atoms with Gasteiger partial charge in [0.2, 0.25) is 5.56 Å². The summed E-state index contributed by atoms with van der Waals surface area (Å²) in [6, 6.07) is 13.9. The average molecular weight is 370 g/mol. The van der Waals surface area contributed by atoms with E-state index in [-0.39, 0.29) is 5.56 Å². The maximum absolute atomic E-state index is 11.9. The molecule has 3 heteroatoms. The van der Waals surface area contributed by atoms with Crippen molar-refractivity contribution < 1.29 is 0 Å². The van der Waals surface area contributed by atoms with Gasteiger partial charge in [0, 0.05) is 35.9 Å². The zero-order chi connectivity index (χ0) is 19.7. The molecule has 2 aliphatic rings. The Balaban J connectivity index is 1.83. The Labute approximate surface area is 166 Å². The number of H-pyrrole nitrogens is 1. The number of nitrogens with zero attached hydrogens (tertiary/aromatic N) is 1. The van der Waals surface area contributed by atoms with Crippen LogP contribution in [0, 0.1) is 5.92 Å². The third-order valence-electron chi connectivity index (χ3n) is 5.76. The predicted molar refractivity (Wildman–Crippen MR) is 117 cm³/mol. The summed E-state index contributed by atoms with van der Waals surface area (Å²) in [4.78, 5) is 20.2. The minimum absolute atomic E-state index is 0.0410. The van der Waals surface area contributed by atoms with Gasteiger partial charge in [-0.1, -0.05) is 54.1 Å². The number of pyridine rings is 1. The van der Waals surface area contributed by atoms with Crippen molar-refractivity contribution in [2.75, 3.05) is 0 Å². The number of rotatable bonds is 3. The van der Waals surface area contributed by atoms with Gasteiger partial charge in [0.1, 0.15) is 5.54 Å². The van der Waals surface area contributed by atoms with E-state index in [1.165, 1.54) is 16.7 Å². The summed E-state index contributed by atoms with van der Waals surface area (Å²) in [5.74, 6) is 0.292. The topological polar surface area (TPSA) is 45.2 Å². The standard InChI is InChI=1S/C25H26N2O/c1-4-21-20-13-17(2)15-25(21,22-10-11-24(28)27-23(22)14-20)26-16-18(3)12-19-8-6-5-7-9-19/h4-13,16,20H,14-15H2,1-3H3,(H,27,28)/b18-12+,21-4+,26-16?. The number of aromatic amines is 1. The highest BCUT2D eigenvalue weighted by atomic mass is 16.1. The average Bonchev–Trinajstić information content (AvgIpc) is 2.66. The fraction of sp³-hybridized carbons (Fsp3) is 0.280. The van der Waals surface area contributed by atoms with E-state index in [0.717, 1.165) is 29.7 Å². The molecule has 28 heavy (non-hydrogen) atoms. The van der Waals surface area contributed by atoms with Gasteiger partial charge in [-0.3, -0.25) is 9.79 Å². The van der Waals surface area contributed by atoms with E-state index in [2.05, 4.69) is 56.1 Å². The summed E-state index contributed by atoms with van der Waals surface area (Å²) in [6.45, 7) is 6.37. The van der Waals surface area contributed by atoms with Gasteiger partial charge < -0.3 is 4.98 Å². The highest BCUT2D eigenvalue weighted by Crippen LogP contribution is 2.51. The van der Waals surface area contributed by atoms with Gasteiger partial charge in [-0.25, -0.2) is 0 Å². The van der Waals surface area contributed by atoms with Crippen LogP contribution < -0.4 is 5.56 Å². The summed E-state index contributed by atoms with van der Waals surface area (Å²) in [5, 5.41) is 0. The molecule has 2 bridgehead atoms. The van der Waals surface area contributed by atoms with E-state index in [9.17, 15) is 4.79 Å². The van der Waals surface area contributed by atoms with Crippen molar-refractivity contribution in [3.05, 3.63) is 98.5 Å². The molecule has 1 aromatic heterocycles. The highest BCUT2D eigenvalue weighted by molar-refractivity contribution is 5.85. The third-order valence-corrected chi connectivity index (χ3v) is 5.76. The lowest BCUT2D eigenvalue weighted by Crippen LogP contribution is -2.40. The molecule has 0 saturated heterocycles. The first-order valence-electron chi connectivity index (χ1n) is 9.87. The summed E-state index contributed by atoms with van der Waals surface area (Å²) in [6.07, 6.45) is 10.4.